The summed E-state index contributed by atoms with van der Waals surface area (Å²) in [5.74, 6) is 1.02. The first kappa shape index (κ1) is 42.4. The van der Waals surface area contributed by atoms with Crippen LogP contribution in [-0.2, 0) is 22.7 Å². The summed E-state index contributed by atoms with van der Waals surface area (Å²) in [4.78, 5) is 22.3. The minimum atomic E-state index is -4.84. The fourth-order valence-corrected chi connectivity index (χ4v) is 8.31. The maximum atomic E-state index is 14.0. The van der Waals surface area contributed by atoms with Gasteiger partial charge in [0.05, 0.1) is 29.4 Å². The standard InChI is InChI=1S/C43H46F3N5O5S2/c1-4-55-37-25-34(27-47-28-37)33-22-31(23-36(24-33)56-30(2)3)29-50-17-19-51(20-18-50)35-12-10-32(11-13-35)42(52)49-58(53,54)39-14-15-41(40(26-39)43(44,45)46)48-16-21-57-38-8-6-5-7-9-38/h5-15,22-28,30,48H,4,16-21,29H2,1-3H3,(H,49,52). The normalized spacial score (nSPS) is 13.7. The number of ether oxygens (including phenoxy) is 2. The van der Waals surface area contributed by atoms with E-state index in [1.165, 1.54) is 23.9 Å². The quantitative estimate of drug-likeness (QED) is 0.0741. The highest BCUT2D eigenvalue weighted by Gasteiger charge is 2.35. The van der Waals surface area contributed by atoms with E-state index in [4.69, 9.17) is 9.47 Å². The van der Waals surface area contributed by atoms with E-state index < -0.39 is 32.6 Å². The molecule has 6 rings (SSSR count). The summed E-state index contributed by atoms with van der Waals surface area (Å²) in [6, 6.07) is 26.8. The lowest BCUT2D eigenvalue weighted by Crippen LogP contribution is -2.46. The summed E-state index contributed by atoms with van der Waals surface area (Å²) in [6.07, 6.45) is -1.32. The lowest BCUT2D eigenvalue weighted by molar-refractivity contribution is -0.137. The van der Waals surface area contributed by atoms with Crippen LogP contribution in [0.2, 0.25) is 0 Å². The van der Waals surface area contributed by atoms with Crippen LogP contribution in [0.25, 0.3) is 11.1 Å². The second kappa shape index (κ2) is 19.0. The minimum Gasteiger partial charge on any atom is -0.492 e. The van der Waals surface area contributed by atoms with Crippen LogP contribution in [0.3, 0.4) is 0 Å². The van der Waals surface area contributed by atoms with Crippen molar-refractivity contribution in [1.82, 2.24) is 14.6 Å². The highest BCUT2D eigenvalue weighted by atomic mass is 32.2. The minimum absolute atomic E-state index is 0.00762. The molecule has 1 aliphatic heterocycles. The maximum absolute atomic E-state index is 14.0. The van der Waals surface area contributed by atoms with Crippen molar-refractivity contribution in [2.75, 3.05) is 55.3 Å². The van der Waals surface area contributed by atoms with E-state index in [9.17, 15) is 26.4 Å². The highest BCUT2D eigenvalue weighted by molar-refractivity contribution is 7.99. The summed E-state index contributed by atoms with van der Waals surface area (Å²) in [6.45, 7) is 10.4. The largest absolute Gasteiger partial charge is 0.492 e. The SMILES string of the molecule is CCOc1cncc(-c2cc(CN3CCN(c4ccc(C(=O)NS(=O)(=O)c5ccc(NCCSc6ccccc6)c(C(F)(F)F)c5)cc4)CC3)cc(OC(C)C)c2)c1. The van der Waals surface area contributed by atoms with Crippen molar-refractivity contribution in [2.45, 2.75) is 49.4 Å². The third-order valence-corrected chi connectivity index (χ3v) is 11.6. The topological polar surface area (TPSA) is 113 Å². The van der Waals surface area contributed by atoms with Gasteiger partial charge in [-0.15, -0.1) is 11.8 Å². The molecule has 10 nitrogen and oxygen atoms in total. The van der Waals surface area contributed by atoms with Gasteiger partial charge in [0.25, 0.3) is 15.9 Å². The van der Waals surface area contributed by atoms with Crippen LogP contribution >= 0.6 is 11.8 Å². The predicted octanol–water partition coefficient (Wildman–Crippen LogP) is 8.60. The Hall–Kier alpha value is -5.25. The Bertz CT molecular complexity index is 2270. The third kappa shape index (κ3) is 11.4. The molecule has 1 amide bonds. The molecule has 4 aromatic carbocycles. The fraction of sp³-hybridized carbons (Fsp3) is 0.302. The zero-order valence-electron chi connectivity index (χ0n) is 32.5. The van der Waals surface area contributed by atoms with Gasteiger partial charge in [-0.1, -0.05) is 18.2 Å². The van der Waals surface area contributed by atoms with Gasteiger partial charge in [0.2, 0.25) is 0 Å². The van der Waals surface area contributed by atoms with Crippen molar-refractivity contribution >= 4 is 39.1 Å². The van der Waals surface area contributed by atoms with Crippen LogP contribution in [0, 0.1) is 0 Å². The van der Waals surface area contributed by atoms with Crippen LogP contribution in [-0.4, -0.2) is 75.4 Å². The monoisotopic (exact) mass is 833 g/mol. The molecule has 1 saturated heterocycles. The molecule has 0 radical (unpaired) electrons. The Morgan fingerprint density at radius 1 is 0.879 bits per heavy atom. The summed E-state index contributed by atoms with van der Waals surface area (Å²) in [5.41, 5.74) is 2.54. The molecule has 0 unspecified atom stereocenters. The van der Waals surface area contributed by atoms with E-state index in [0.29, 0.717) is 43.8 Å². The second-order valence-electron chi connectivity index (χ2n) is 13.9. The number of hydrogen-bond donors (Lipinski definition) is 2. The molecule has 5 aromatic rings. The Balaban J connectivity index is 1.05. The molecule has 15 heteroatoms. The second-order valence-corrected chi connectivity index (χ2v) is 16.8. The number of thioether (sulfide) groups is 1. The van der Waals surface area contributed by atoms with Crippen molar-refractivity contribution in [3.05, 3.63) is 126 Å². The molecular weight excluding hydrogens is 788 g/mol. The van der Waals surface area contributed by atoms with Crippen molar-refractivity contribution in [2.24, 2.45) is 0 Å². The molecule has 1 aliphatic rings. The number of pyridine rings is 1. The molecule has 306 valence electrons. The Morgan fingerprint density at radius 3 is 2.29 bits per heavy atom. The van der Waals surface area contributed by atoms with Crippen LogP contribution in [0.1, 0.15) is 42.3 Å². The molecule has 0 atom stereocenters. The number of nitrogens with one attached hydrogen (secondary N) is 2. The first-order valence-corrected chi connectivity index (χ1v) is 21.4. The zero-order valence-corrected chi connectivity index (χ0v) is 34.1. The molecule has 0 spiro atoms. The number of rotatable bonds is 16. The number of carbonyl (C=O) groups is 1. The van der Waals surface area contributed by atoms with Gasteiger partial charge in [-0.25, -0.2) is 13.1 Å². The molecule has 0 saturated carbocycles. The number of carbonyl (C=O) groups excluding carboxylic acids is 1. The van der Waals surface area contributed by atoms with Crippen molar-refractivity contribution < 1.29 is 35.9 Å². The number of aromatic nitrogens is 1. The Labute approximate surface area is 341 Å². The number of piperazine rings is 1. The van der Waals surface area contributed by atoms with E-state index in [-0.39, 0.29) is 23.9 Å². The number of benzene rings is 4. The van der Waals surface area contributed by atoms with Gasteiger partial charge in [0.1, 0.15) is 11.5 Å². The van der Waals surface area contributed by atoms with Gasteiger partial charge in [0.15, 0.2) is 0 Å². The van der Waals surface area contributed by atoms with Gasteiger partial charge in [0, 0.05) is 78.6 Å². The van der Waals surface area contributed by atoms with Crippen LogP contribution in [0.5, 0.6) is 11.5 Å². The van der Waals surface area contributed by atoms with E-state index in [1.54, 1.807) is 18.3 Å². The maximum Gasteiger partial charge on any atom is 0.418 e. The average Bonchev–Trinajstić information content (AvgIpc) is 3.19. The van der Waals surface area contributed by atoms with E-state index in [2.05, 4.69) is 32.2 Å². The van der Waals surface area contributed by atoms with E-state index in [1.807, 2.05) is 74.2 Å². The van der Waals surface area contributed by atoms with Crippen molar-refractivity contribution in [1.29, 1.82) is 0 Å². The number of sulfonamides is 1. The van der Waals surface area contributed by atoms with Crippen LogP contribution in [0.15, 0.2) is 119 Å². The predicted molar refractivity (Wildman–Crippen MR) is 222 cm³/mol. The number of halogens is 3. The van der Waals surface area contributed by atoms with E-state index in [0.717, 1.165) is 58.2 Å². The first-order chi connectivity index (χ1) is 27.8. The number of hydrogen-bond acceptors (Lipinski definition) is 10. The zero-order chi connectivity index (χ0) is 41.3. The van der Waals surface area contributed by atoms with Crippen LogP contribution in [0.4, 0.5) is 24.5 Å². The fourth-order valence-electron chi connectivity index (χ4n) is 6.52. The molecule has 2 heterocycles. The van der Waals surface area contributed by atoms with E-state index >= 15 is 0 Å². The molecular formula is C43H46F3N5O5S2. The molecule has 0 aliphatic carbocycles. The molecule has 1 aromatic heterocycles. The number of alkyl halides is 3. The molecule has 58 heavy (non-hydrogen) atoms. The average molecular weight is 834 g/mol. The smallest absolute Gasteiger partial charge is 0.418 e. The number of nitrogens with zero attached hydrogens (tertiary/aromatic N) is 3. The third-order valence-electron chi connectivity index (χ3n) is 9.23. The van der Waals surface area contributed by atoms with Crippen molar-refractivity contribution in [3.8, 4) is 22.6 Å². The van der Waals surface area contributed by atoms with Crippen molar-refractivity contribution in [3.63, 3.8) is 0 Å². The molecule has 2 N–H and O–H groups in total. The van der Waals surface area contributed by atoms with Gasteiger partial charge in [-0.2, -0.15) is 13.2 Å². The first-order valence-electron chi connectivity index (χ1n) is 18.9. The lowest BCUT2D eigenvalue weighted by atomic mass is 10.0. The summed E-state index contributed by atoms with van der Waals surface area (Å²) in [5, 5.41) is 2.76. The number of anilines is 2. The summed E-state index contributed by atoms with van der Waals surface area (Å²) < 4.78 is 82.1. The Morgan fingerprint density at radius 2 is 1.60 bits per heavy atom. The van der Waals surface area contributed by atoms with Gasteiger partial charge in [-0.3, -0.25) is 14.7 Å². The van der Waals surface area contributed by atoms with Gasteiger partial charge in [-0.05, 0) is 111 Å². The molecule has 0 bridgehead atoms. The summed E-state index contributed by atoms with van der Waals surface area (Å²) >= 11 is 1.48. The number of amides is 1. The van der Waals surface area contributed by atoms with Crippen LogP contribution < -0.4 is 24.4 Å². The highest BCUT2D eigenvalue weighted by Crippen LogP contribution is 2.37. The summed E-state index contributed by atoms with van der Waals surface area (Å²) in [7, 11) is -4.63. The Kier molecular flexibility index (Phi) is 13.9. The van der Waals surface area contributed by atoms with Gasteiger partial charge < -0.3 is 19.7 Å². The lowest BCUT2D eigenvalue weighted by Gasteiger charge is -2.36. The van der Waals surface area contributed by atoms with Gasteiger partial charge >= 0.3 is 6.18 Å². The molecule has 1 fully saturated rings.